The van der Waals surface area contributed by atoms with E-state index in [9.17, 15) is 17.6 Å². The molecule has 0 amide bonds. The molecular weight excluding hydrogens is 392 g/mol. The quantitative estimate of drug-likeness (QED) is 0.237. The lowest BCUT2D eigenvalue weighted by atomic mass is 10.0. The van der Waals surface area contributed by atoms with Crippen molar-refractivity contribution in [2.45, 2.75) is 64.0 Å². The van der Waals surface area contributed by atoms with Crippen LogP contribution in [0.4, 0.5) is 29.1 Å². The van der Waals surface area contributed by atoms with Crippen LogP contribution in [0.1, 0.15) is 56.9 Å². The number of nitrogens with one attached hydrogen (secondary N) is 2. The average Bonchev–Trinajstić information content (AvgIpc) is 3.07. The largest absolute Gasteiger partial charge is 0.389 e. The molecule has 162 valence electrons. The van der Waals surface area contributed by atoms with Gasteiger partial charge in [-0.05, 0) is 55.2 Å². The topological polar surface area (TPSA) is 27.8 Å². The molecule has 0 saturated heterocycles. The van der Waals surface area contributed by atoms with Gasteiger partial charge >= 0.3 is 6.18 Å². The standard InChI is InChI=1S/C24H28F4N2/c25-20-14-18(10-6-4-2-1-3-5-9-13-24(26,27)28)15-21(17-20)29-23-16-19-11-7-8-12-22(19)30-23/h7-8,11-12,14-17,29-30H,1-6,9-10,13H2. The predicted molar refractivity (Wildman–Crippen MR) is 115 cm³/mol. The van der Waals surface area contributed by atoms with Crippen LogP contribution >= 0.6 is 0 Å². The van der Waals surface area contributed by atoms with Crippen molar-refractivity contribution in [2.75, 3.05) is 5.32 Å². The molecule has 1 aromatic heterocycles. The number of aryl methyl sites for hydroxylation is 1. The minimum atomic E-state index is -4.03. The summed E-state index contributed by atoms with van der Waals surface area (Å²) >= 11 is 0. The number of anilines is 2. The van der Waals surface area contributed by atoms with E-state index in [1.165, 1.54) is 6.07 Å². The maximum absolute atomic E-state index is 14.0. The highest BCUT2D eigenvalue weighted by atomic mass is 19.4. The summed E-state index contributed by atoms with van der Waals surface area (Å²) in [6.07, 6.45) is 1.66. The number of H-pyrrole nitrogens is 1. The van der Waals surface area contributed by atoms with E-state index >= 15 is 0 Å². The van der Waals surface area contributed by atoms with E-state index in [0.29, 0.717) is 12.1 Å². The number of hydrogen-bond acceptors (Lipinski definition) is 1. The van der Waals surface area contributed by atoms with Crippen LogP contribution in [0.3, 0.4) is 0 Å². The summed E-state index contributed by atoms with van der Waals surface area (Å²) in [6.45, 7) is 0. The number of rotatable bonds is 11. The molecule has 0 atom stereocenters. The van der Waals surface area contributed by atoms with E-state index in [1.54, 1.807) is 6.07 Å². The highest BCUT2D eigenvalue weighted by Gasteiger charge is 2.25. The molecule has 1 heterocycles. The van der Waals surface area contributed by atoms with Gasteiger partial charge in [-0.3, -0.25) is 0 Å². The van der Waals surface area contributed by atoms with Crippen LogP contribution in [-0.4, -0.2) is 11.2 Å². The molecular formula is C24H28F4N2. The van der Waals surface area contributed by atoms with E-state index in [0.717, 1.165) is 60.8 Å². The lowest BCUT2D eigenvalue weighted by molar-refractivity contribution is -0.135. The summed E-state index contributed by atoms with van der Waals surface area (Å²) in [4.78, 5) is 3.28. The molecule has 0 saturated carbocycles. The Hall–Kier alpha value is -2.50. The predicted octanol–water partition coefficient (Wildman–Crippen LogP) is 8.28. The molecule has 0 unspecified atom stereocenters. The lowest BCUT2D eigenvalue weighted by Gasteiger charge is -2.08. The molecule has 2 nitrogen and oxygen atoms in total. The minimum Gasteiger partial charge on any atom is -0.342 e. The van der Waals surface area contributed by atoms with E-state index in [4.69, 9.17) is 0 Å². The van der Waals surface area contributed by atoms with Crippen LogP contribution in [0.15, 0.2) is 48.5 Å². The zero-order valence-electron chi connectivity index (χ0n) is 17.0. The highest BCUT2D eigenvalue weighted by Crippen LogP contribution is 2.25. The number of aromatic nitrogens is 1. The fourth-order valence-corrected chi connectivity index (χ4v) is 3.70. The van der Waals surface area contributed by atoms with E-state index in [1.807, 2.05) is 36.4 Å². The van der Waals surface area contributed by atoms with E-state index in [2.05, 4.69) is 10.3 Å². The summed E-state index contributed by atoms with van der Waals surface area (Å²) < 4.78 is 50.3. The Bertz CT molecular complexity index is 897. The van der Waals surface area contributed by atoms with Crippen LogP contribution in [-0.2, 0) is 6.42 Å². The smallest absolute Gasteiger partial charge is 0.342 e. The van der Waals surface area contributed by atoms with Gasteiger partial charge in [-0.25, -0.2) is 4.39 Å². The van der Waals surface area contributed by atoms with Crippen molar-refractivity contribution in [1.29, 1.82) is 0 Å². The highest BCUT2D eigenvalue weighted by molar-refractivity contribution is 5.84. The second kappa shape index (κ2) is 10.5. The van der Waals surface area contributed by atoms with E-state index in [-0.39, 0.29) is 12.2 Å². The number of unbranched alkanes of at least 4 members (excludes halogenated alkanes) is 6. The zero-order valence-corrected chi connectivity index (χ0v) is 17.0. The van der Waals surface area contributed by atoms with Crippen molar-refractivity contribution in [3.63, 3.8) is 0 Å². The van der Waals surface area contributed by atoms with Gasteiger partial charge in [0.25, 0.3) is 0 Å². The van der Waals surface area contributed by atoms with Crippen molar-refractivity contribution in [3.05, 3.63) is 59.9 Å². The third-order valence-electron chi connectivity index (χ3n) is 5.19. The number of benzene rings is 2. The Labute approximate surface area is 174 Å². The average molecular weight is 420 g/mol. The number of hydrogen-bond donors (Lipinski definition) is 2. The molecule has 0 bridgehead atoms. The molecule has 2 N–H and O–H groups in total. The first-order valence-electron chi connectivity index (χ1n) is 10.6. The molecule has 6 heteroatoms. The molecule has 0 aliphatic carbocycles. The molecule has 0 radical (unpaired) electrons. The SMILES string of the molecule is Fc1cc(CCCCCCCCCC(F)(F)F)cc(Nc2cc3ccccc3[nH]2)c1. The van der Waals surface area contributed by atoms with Crippen LogP contribution in [0, 0.1) is 5.82 Å². The number of aromatic amines is 1. The van der Waals surface area contributed by atoms with Gasteiger partial charge in [-0.1, -0.05) is 50.3 Å². The fourth-order valence-electron chi connectivity index (χ4n) is 3.70. The summed E-state index contributed by atoms with van der Waals surface area (Å²) in [5.41, 5.74) is 2.68. The van der Waals surface area contributed by atoms with Crippen molar-refractivity contribution in [1.82, 2.24) is 4.98 Å². The van der Waals surface area contributed by atoms with Gasteiger partial charge in [-0.2, -0.15) is 13.2 Å². The molecule has 0 fully saturated rings. The number of fused-ring (bicyclic) bond motifs is 1. The van der Waals surface area contributed by atoms with Crippen molar-refractivity contribution in [3.8, 4) is 0 Å². The van der Waals surface area contributed by atoms with Crippen LogP contribution in [0.2, 0.25) is 0 Å². The molecule has 3 rings (SSSR count). The molecule has 0 aliphatic rings. The van der Waals surface area contributed by atoms with E-state index < -0.39 is 12.6 Å². The zero-order chi connectivity index (χ0) is 21.4. The third kappa shape index (κ3) is 7.39. The molecule has 2 aromatic carbocycles. The Balaban J connectivity index is 1.40. The minimum absolute atomic E-state index is 0.221. The Morgan fingerprint density at radius 1 is 0.800 bits per heavy atom. The first-order valence-corrected chi connectivity index (χ1v) is 10.6. The summed E-state index contributed by atoms with van der Waals surface area (Å²) in [7, 11) is 0. The maximum atomic E-state index is 14.0. The van der Waals surface area contributed by atoms with Crippen LogP contribution in [0.25, 0.3) is 10.9 Å². The fraction of sp³-hybridized carbons (Fsp3) is 0.417. The van der Waals surface area contributed by atoms with Gasteiger partial charge in [0.15, 0.2) is 0 Å². The first-order chi connectivity index (χ1) is 14.4. The van der Waals surface area contributed by atoms with Gasteiger partial charge in [0.05, 0.1) is 0 Å². The number of halogens is 4. The van der Waals surface area contributed by atoms with Gasteiger partial charge in [-0.15, -0.1) is 0 Å². The molecule has 3 aromatic rings. The van der Waals surface area contributed by atoms with Gasteiger partial charge in [0, 0.05) is 23.0 Å². The lowest BCUT2D eigenvalue weighted by Crippen LogP contribution is -2.06. The van der Waals surface area contributed by atoms with Crippen molar-refractivity contribution >= 4 is 22.4 Å². The van der Waals surface area contributed by atoms with Crippen LogP contribution < -0.4 is 5.32 Å². The Kier molecular flexibility index (Phi) is 7.77. The Morgan fingerprint density at radius 3 is 2.23 bits per heavy atom. The molecule has 0 aliphatic heterocycles. The third-order valence-corrected chi connectivity index (χ3v) is 5.19. The van der Waals surface area contributed by atoms with Gasteiger partial charge in [0.1, 0.15) is 11.6 Å². The number of para-hydroxylation sites is 1. The van der Waals surface area contributed by atoms with Crippen LogP contribution in [0.5, 0.6) is 0 Å². The van der Waals surface area contributed by atoms with Crippen molar-refractivity contribution in [2.24, 2.45) is 0 Å². The normalized spacial score (nSPS) is 11.9. The molecule has 30 heavy (non-hydrogen) atoms. The maximum Gasteiger partial charge on any atom is 0.389 e. The van der Waals surface area contributed by atoms with Gasteiger partial charge < -0.3 is 10.3 Å². The second-order valence-corrected chi connectivity index (χ2v) is 7.83. The van der Waals surface area contributed by atoms with Gasteiger partial charge in [0.2, 0.25) is 0 Å². The molecule has 0 spiro atoms. The summed E-state index contributed by atoms with van der Waals surface area (Å²) in [5, 5.41) is 4.33. The second-order valence-electron chi connectivity index (χ2n) is 7.83. The number of alkyl halides is 3. The summed E-state index contributed by atoms with van der Waals surface area (Å²) in [5.74, 6) is 0.550. The summed E-state index contributed by atoms with van der Waals surface area (Å²) in [6, 6.07) is 15.0. The van der Waals surface area contributed by atoms with Crippen molar-refractivity contribution < 1.29 is 17.6 Å². The first kappa shape index (κ1) is 22.2. The Morgan fingerprint density at radius 2 is 1.50 bits per heavy atom. The monoisotopic (exact) mass is 420 g/mol.